The molecule has 1 aromatic rings. The van der Waals surface area contributed by atoms with E-state index >= 15 is 0 Å². The summed E-state index contributed by atoms with van der Waals surface area (Å²) in [5, 5.41) is 0. The standard InChI is InChI=1S/C11H14NO4P/c1-15-10(11(13)16-2)9(17-14)6-8-4-3-5-12-7-8/h3-5,7,9-10H,6H2,1-2H3. The van der Waals surface area contributed by atoms with Crippen LogP contribution in [-0.4, -0.2) is 36.9 Å². The second kappa shape index (κ2) is 7.09. The number of rotatable bonds is 6. The van der Waals surface area contributed by atoms with Crippen LogP contribution in [0.1, 0.15) is 5.56 Å². The van der Waals surface area contributed by atoms with Gasteiger partial charge < -0.3 is 9.47 Å². The van der Waals surface area contributed by atoms with Crippen LogP contribution in [0.15, 0.2) is 24.5 Å². The summed E-state index contributed by atoms with van der Waals surface area (Å²) >= 11 is 0. The maximum atomic E-state index is 11.4. The van der Waals surface area contributed by atoms with Crippen molar-refractivity contribution >= 4 is 14.4 Å². The van der Waals surface area contributed by atoms with Gasteiger partial charge in [0.1, 0.15) is 0 Å². The summed E-state index contributed by atoms with van der Waals surface area (Å²) in [7, 11) is 2.51. The van der Waals surface area contributed by atoms with Gasteiger partial charge in [-0.15, -0.1) is 0 Å². The van der Waals surface area contributed by atoms with Crippen LogP contribution in [0.4, 0.5) is 0 Å². The van der Waals surface area contributed by atoms with Crippen LogP contribution in [-0.2, 0) is 25.3 Å². The molecule has 0 N–H and O–H groups in total. The van der Waals surface area contributed by atoms with Crippen molar-refractivity contribution in [1.29, 1.82) is 0 Å². The van der Waals surface area contributed by atoms with Gasteiger partial charge >= 0.3 is 5.97 Å². The highest BCUT2D eigenvalue weighted by atomic mass is 31.1. The largest absolute Gasteiger partial charge is 0.467 e. The summed E-state index contributed by atoms with van der Waals surface area (Å²) in [4.78, 5) is 15.4. The van der Waals surface area contributed by atoms with Gasteiger partial charge in [-0.3, -0.25) is 9.55 Å². The molecule has 1 rings (SSSR count). The first-order valence-corrected chi connectivity index (χ1v) is 5.93. The quantitative estimate of drug-likeness (QED) is 0.569. The smallest absolute Gasteiger partial charge is 0.336 e. The molecule has 0 spiro atoms. The maximum absolute atomic E-state index is 11.4. The third-order valence-corrected chi connectivity index (χ3v) is 3.06. The summed E-state index contributed by atoms with van der Waals surface area (Å²) in [6, 6.07) is 3.64. The normalized spacial score (nSPS) is 14.2. The van der Waals surface area contributed by atoms with Crippen molar-refractivity contribution < 1.29 is 18.8 Å². The Bertz CT molecular complexity index is 371. The number of aromatic nitrogens is 1. The fraction of sp³-hybridized carbons (Fsp3) is 0.455. The van der Waals surface area contributed by atoms with Crippen LogP contribution in [0.3, 0.4) is 0 Å². The van der Waals surface area contributed by atoms with Gasteiger partial charge in [0.15, 0.2) is 14.6 Å². The third kappa shape index (κ3) is 3.88. The summed E-state index contributed by atoms with van der Waals surface area (Å²) in [5.41, 5.74) is 0.420. The molecule has 5 nitrogen and oxygen atoms in total. The van der Waals surface area contributed by atoms with Crippen LogP contribution in [0.5, 0.6) is 0 Å². The highest BCUT2D eigenvalue weighted by Crippen LogP contribution is 2.20. The molecule has 0 aliphatic rings. The van der Waals surface area contributed by atoms with Crippen molar-refractivity contribution in [2.24, 2.45) is 0 Å². The molecule has 17 heavy (non-hydrogen) atoms. The molecule has 2 unspecified atom stereocenters. The van der Waals surface area contributed by atoms with Crippen LogP contribution < -0.4 is 0 Å². The molecule has 0 saturated carbocycles. The van der Waals surface area contributed by atoms with Gasteiger partial charge in [-0.1, -0.05) is 6.07 Å². The molecule has 6 heteroatoms. The SMILES string of the molecule is COC(=O)C(OC)C(Cc1cccnc1)P=O. The second-order valence-electron chi connectivity index (χ2n) is 3.42. The van der Waals surface area contributed by atoms with E-state index in [9.17, 15) is 9.36 Å². The summed E-state index contributed by atoms with van der Waals surface area (Å²) in [6.07, 6.45) is 2.93. The monoisotopic (exact) mass is 255 g/mol. The first-order valence-electron chi connectivity index (χ1n) is 5.05. The Hall–Kier alpha value is -1.32. The Balaban J connectivity index is 2.77. The van der Waals surface area contributed by atoms with Crippen LogP contribution in [0, 0.1) is 0 Å². The zero-order valence-electron chi connectivity index (χ0n) is 9.70. The molecular weight excluding hydrogens is 241 g/mol. The van der Waals surface area contributed by atoms with Crippen molar-refractivity contribution in [1.82, 2.24) is 4.98 Å². The number of esters is 1. The minimum atomic E-state index is -0.834. The lowest BCUT2D eigenvalue weighted by Gasteiger charge is -2.18. The number of carbonyl (C=O) groups excluding carboxylic acids is 1. The van der Waals surface area contributed by atoms with E-state index in [1.807, 2.05) is 6.07 Å². The molecule has 0 saturated heterocycles. The summed E-state index contributed by atoms with van der Waals surface area (Å²) in [5.74, 6) is -0.523. The molecule has 0 radical (unpaired) electrons. The Morgan fingerprint density at radius 1 is 1.53 bits per heavy atom. The van der Waals surface area contributed by atoms with E-state index in [0.717, 1.165) is 5.56 Å². The van der Waals surface area contributed by atoms with E-state index in [1.165, 1.54) is 14.2 Å². The average molecular weight is 255 g/mol. The molecular formula is C11H14NO4P. The highest BCUT2D eigenvalue weighted by molar-refractivity contribution is 7.24. The lowest BCUT2D eigenvalue weighted by atomic mass is 10.1. The predicted octanol–water partition coefficient (Wildman–Crippen LogP) is 1.47. The van der Waals surface area contributed by atoms with E-state index in [-0.39, 0.29) is 8.46 Å². The zero-order chi connectivity index (χ0) is 12.7. The van der Waals surface area contributed by atoms with Gasteiger partial charge in [-0.05, 0) is 18.1 Å². The highest BCUT2D eigenvalue weighted by Gasteiger charge is 2.30. The third-order valence-electron chi connectivity index (χ3n) is 2.34. The van der Waals surface area contributed by atoms with E-state index in [4.69, 9.17) is 4.74 Å². The van der Waals surface area contributed by atoms with Gasteiger partial charge in [0.2, 0.25) is 0 Å². The first-order chi connectivity index (χ1) is 8.22. The molecule has 1 heterocycles. The van der Waals surface area contributed by atoms with E-state index in [0.29, 0.717) is 6.42 Å². The minimum absolute atomic E-state index is 0.154. The van der Waals surface area contributed by atoms with Gasteiger partial charge in [0.25, 0.3) is 0 Å². The number of hydrogen-bond donors (Lipinski definition) is 0. The van der Waals surface area contributed by atoms with Crippen LogP contribution in [0.2, 0.25) is 0 Å². The van der Waals surface area contributed by atoms with Crippen LogP contribution in [0.25, 0.3) is 0 Å². The van der Waals surface area contributed by atoms with Crippen molar-refractivity contribution in [2.75, 3.05) is 14.2 Å². The Labute approximate surface area is 101 Å². The molecule has 0 fully saturated rings. The molecule has 2 atom stereocenters. The molecule has 92 valence electrons. The summed E-state index contributed by atoms with van der Waals surface area (Å²) < 4.78 is 20.7. The zero-order valence-corrected chi connectivity index (χ0v) is 10.6. The molecule has 0 aromatic carbocycles. The van der Waals surface area contributed by atoms with E-state index in [2.05, 4.69) is 9.72 Å². The van der Waals surface area contributed by atoms with Crippen molar-refractivity contribution in [3.05, 3.63) is 30.1 Å². The topological polar surface area (TPSA) is 65.5 Å². The maximum Gasteiger partial charge on any atom is 0.336 e. The molecule has 0 amide bonds. The number of pyridine rings is 1. The van der Waals surface area contributed by atoms with Crippen molar-refractivity contribution in [2.45, 2.75) is 18.2 Å². The predicted molar refractivity (Wildman–Crippen MR) is 62.1 cm³/mol. The van der Waals surface area contributed by atoms with Crippen molar-refractivity contribution in [3.63, 3.8) is 0 Å². The van der Waals surface area contributed by atoms with Gasteiger partial charge in [0, 0.05) is 19.5 Å². The second-order valence-corrected chi connectivity index (χ2v) is 4.29. The summed E-state index contributed by atoms with van der Waals surface area (Å²) in [6.45, 7) is 0. The van der Waals surface area contributed by atoms with E-state index in [1.54, 1.807) is 18.5 Å². The fourth-order valence-electron chi connectivity index (χ4n) is 1.49. The fourth-order valence-corrected chi connectivity index (χ4v) is 2.13. The molecule has 0 aliphatic heterocycles. The Kier molecular flexibility index (Phi) is 5.73. The molecule has 0 aliphatic carbocycles. The van der Waals surface area contributed by atoms with Gasteiger partial charge in [-0.2, -0.15) is 0 Å². The Morgan fingerprint density at radius 2 is 2.29 bits per heavy atom. The lowest BCUT2D eigenvalue weighted by molar-refractivity contribution is -0.152. The number of ether oxygens (including phenoxy) is 2. The Morgan fingerprint density at radius 3 is 2.76 bits per heavy atom. The minimum Gasteiger partial charge on any atom is -0.467 e. The first kappa shape index (κ1) is 13.7. The average Bonchev–Trinajstić information content (AvgIpc) is 2.39. The molecule has 0 bridgehead atoms. The van der Waals surface area contributed by atoms with Gasteiger partial charge in [-0.25, -0.2) is 4.79 Å². The van der Waals surface area contributed by atoms with Crippen LogP contribution >= 0.6 is 8.46 Å². The van der Waals surface area contributed by atoms with Crippen molar-refractivity contribution in [3.8, 4) is 0 Å². The van der Waals surface area contributed by atoms with Gasteiger partial charge in [0.05, 0.1) is 12.8 Å². The number of methoxy groups -OCH3 is 2. The number of nitrogens with zero attached hydrogens (tertiary/aromatic N) is 1. The molecule has 1 aromatic heterocycles. The van der Waals surface area contributed by atoms with E-state index < -0.39 is 17.7 Å². The number of carbonyl (C=O) groups is 1. The number of hydrogen-bond acceptors (Lipinski definition) is 5. The lowest BCUT2D eigenvalue weighted by Crippen LogP contribution is -2.34.